The van der Waals surface area contributed by atoms with Gasteiger partial charge in [-0.2, -0.15) is 0 Å². The second-order valence-corrected chi connectivity index (χ2v) is 4.54. The fourth-order valence-corrected chi connectivity index (χ4v) is 2.14. The first-order valence-electron chi connectivity index (χ1n) is 6.03. The number of hydrogen-bond donors (Lipinski definition) is 1. The lowest BCUT2D eigenvalue weighted by Crippen LogP contribution is -2.13. The normalized spacial score (nSPS) is 19.2. The minimum Gasteiger partial charge on any atom is -0.399 e. The second kappa shape index (κ2) is 4.73. The molecule has 1 aromatic heterocycles. The first-order chi connectivity index (χ1) is 8.83. The molecule has 0 aliphatic carbocycles. The number of benzene rings is 1. The molecule has 6 nitrogen and oxygen atoms in total. The maximum absolute atomic E-state index is 5.68. The zero-order chi connectivity index (χ0) is 12.4. The maximum Gasteiger partial charge on any atom is 0.182 e. The summed E-state index contributed by atoms with van der Waals surface area (Å²) in [5, 5.41) is 11.9. The van der Waals surface area contributed by atoms with Crippen LogP contribution in [0.2, 0.25) is 0 Å². The topological polar surface area (TPSA) is 78.9 Å². The van der Waals surface area contributed by atoms with Crippen molar-refractivity contribution in [3.63, 3.8) is 0 Å². The third-order valence-corrected chi connectivity index (χ3v) is 3.16. The summed E-state index contributed by atoms with van der Waals surface area (Å²) in [6.45, 7) is 2.43. The van der Waals surface area contributed by atoms with Gasteiger partial charge in [0.25, 0.3) is 0 Å². The van der Waals surface area contributed by atoms with Crippen LogP contribution in [0.3, 0.4) is 0 Å². The first kappa shape index (κ1) is 11.2. The van der Waals surface area contributed by atoms with E-state index in [-0.39, 0.29) is 0 Å². The monoisotopic (exact) mass is 245 g/mol. The minimum absolute atomic E-state index is 0.501. The fraction of sp³-hybridized carbons (Fsp3) is 0.417. The molecule has 2 N–H and O–H groups in total. The molecule has 2 aromatic rings. The van der Waals surface area contributed by atoms with Crippen LogP contribution in [0.15, 0.2) is 24.3 Å². The lowest BCUT2D eigenvalue weighted by atomic mass is 10.1. The van der Waals surface area contributed by atoms with Crippen LogP contribution in [-0.2, 0) is 11.3 Å². The van der Waals surface area contributed by atoms with Crippen LogP contribution in [-0.4, -0.2) is 33.4 Å². The molecule has 0 bridgehead atoms. The van der Waals surface area contributed by atoms with E-state index in [0.29, 0.717) is 5.92 Å². The molecule has 1 aliphatic rings. The Labute approximate surface area is 105 Å². The second-order valence-electron chi connectivity index (χ2n) is 4.54. The van der Waals surface area contributed by atoms with E-state index in [4.69, 9.17) is 10.5 Å². The minimum atomic E-state index is 0.501. The number of nitrogens with two attached hydrogens (primary N) is 1. The van der Waals surface area contributed by atoms with E-state index >= 15 is 0 Å². The van der Waals surface area contributed by atoms with E-state index < -0.39 is 0 Å². The van der Waals surface area contributed by atoms with Crippen molar-refractivity contribution in [2.45, 2.75) is 13.0 Å². The van der Waals surface area contributed by atoms with Gasteiger partial charge < -0.3 is 10.5 Å². The third-order valence-electron chi connectivity index (χ3n) is 3.16. The van der Waals surface area contributed by atoms with Gasteiger partial charge in [0.2, 0.25) is 0 Å². The Bertz CT molecular complexity index is 516. The van der Waals surface area contributed by atoms with Gasteiger partial charge in [0, 0.05) is 23.8 Å². The summed E-state index contributed by atoms with van der Waals surface area (Å²) in [4.78, 5) is 0. The smallest absolute Gasteiger partial charge is 0.182 e. The molecule has 1 saturated heterocycles. The van der Waals surface area contributed by atoms with Crippen molar-refractivity contribution in [2.24, 2.45) is 5.92 Å². The van der Waals surface area contributed by atoms with Gasteiger partial charge in [-0.05, 0) is 41.1 Å². The van der Waals surface area contributed by atoms with Crippen LogP contribution in [0.25, 0.3) is 11.4 Å². The van der Waals surface area contributed by atoms with Crippen LogP contribution in [0.5, 0.6) is 0 Å². The van der Waals surface area contributed by atoms with Gasteiger partial charge in [0.05, 0.1) is 13.2 Å². The lowest BCUT2D eigenvalue weighted by molar-refractivity contribution is 0.181. The van der Waals surface area contributed by atoms with Crippen LogP contribution >= 0.6 is 0 Å². The number of aromatic nitrogens is 4. The molecule has 1 aliphatic heterocycles. The van der Waals surface area contributed by atoms with Gasteiger partial charge in [0.15, 0.2) is 5.82 Å². The van der Waals surface area contributed by atoms with Crippen molar-refractivity contribution in [3.8, 4) is 11.4 Å². The van der Waals surface area contributed by atoms with Crippen molar-refractivity contribution in [1.29, 1.82) is 0 Å². The van der Waals surface area contributed by atoms with Gasteiger partial charge in [-0.25, -0.2) is 4.68 Å². The molecule has 1 atom stereocenters. The summed E-state index contributed by atoms with van der Waals surface area (Å²) in [5.74, 6) is 1.28. The molecule has 1 aromatic carbocycles. The molecule has 94 valence electrons. The number of anilines is 1. The highest BCUT2D eigenvalue weighted by atomic mass is 16.5. The molecular weight excluding hydrogens is 230 g/mol. The molecular formula is C12H15N5O. The highest BCUT2D eigenvalue weighted by Crippen LogP contribution is 2.20. The van der Waals surface area contributed by atoms with E-state index in [2.05, 4.69) is 15.5 Å². The number of nitrogen functional groups attached to an aromatic ring is 1. The quantitative estimate of drug-likeness (QED) is 0.815. The van der Waals surface area contributed by atoms with Crippen LogP contribution in [0.4, 0.5) is 5.69 Å². The average molecular weight is 245 g/mol. The molecule has 18 heavy (non-hydrogen) atoms. The Hall–Kier alpha value is -1.95. The van der Waals surface area contributed by atoms with Gasteiger partial charge in [-0.1, -0.05) is 0 Å². The van der Waals surface area contributed by atoms with E-state index in [1.165, 1.54) is 0 Å². The van der Waals surface area contributed by atoms with Gasteiger partial charge in [-0.15, -0.1) is 5.10 Å². The van der Waals surface area contributed by atoms with E-state index in [1.54, 1.807) is 0 Å². The highest BCUT2D eigenvalue weighted by molar-refractivity contribution is 5.58. The predicted molar refractivity (Wildman–Crippen MR) is 66.6 cm³/mol. The molecule has 0 spiro atoms. The number of nitrogens with zero attached hydrogens (tertiary/aromatic N) is 4. The maximum atomic E-state index is 5.68. The number of rotatable bonds is 3. The Morgan fingerprint density at radius 2 is 2.17 bits per heavy atom. The summed E-state index contributed by atoms with van der Waals surface area (Å²) in [6, 6.07) is 7.57. The van der Waals surface area contributed by atoms with Crippen LogP contribution in [0.1, 0.15) is 6.42 Å². The SMILES string of the molecule is Nc1ccc(-c2nnnn2CC2CCOC2)cc1. The molecule has 0 amide bonds. The summed E-state index contributed by atoms with van der Waals surface area (Å²) < 4.78 is 7.21. The largest absolute Gasteiger partial charge is 0.399 e. The fourth-order valence-electron chi connectivity index (χ4n) is 2.14. The van der Waals surface area contributed by atoms with Crippen LogP contribution < -0.4 is 5.73 Å². The molecule has 3 rings (SSSR count). The number of hydrogen-bond acceptors (Lipinski definition) is 5. The van der Waals surface area contributed by atoms with Crippen molar-refractivity contribution in [3.05, 3.63) is 24.3 Å². The summed E-state index contributed by atoms with van der Waals surface area (Å²) in [7, 11) is 0. The van der Waals surface area contributed by atoms with Crippen molar-refractivity contribution in [2.75, 3.05) is 18.9 Å². The third kappa shape index (κ3) is 2.19. The zero-order valence-corrected chi connectivity index (χ0v) is 9.99. The average Bonchev–Trinajstić information content (AvgIpc) is 3.02. The van der Waals surface area contributed by atoms with E-state index in [0.717, 1.165) is 43.3 Å². The van der Waals surface area contributed by atoms with E-state index in [9.17, 15) is 0 Å². The van der Waals surface area contributed by atoms with Crippen LogP contribution in [0, 0.1) is 5.92 Å². The zero-order valence-electron chi connectivity index (χ0n) is 9.99. The van der Waals surface area contributed by atoms with Gasteiger partial charge in [-0.3, -0.25) is 0 Å². The van der Waals surface area contributed by atoms with Gasteiger partial charge in [0.1, 0.15) is 0 Å². The predicted octanol–water partition coefficient (Wildman–Crippen LogP) is 0.959. The standard InChI is InChI=1S/C12H15N5O/c13-11-3-1-10(2-4-11)12-14-15-16-17(12)7-9-5-6-18-8-9/h1-4,9H,5-8,13H2. The van der Waals surface area contributed by atoms with E-state index in [1.807, 2.05) is 28.9 Å². The molecule has 0 saturated carbocycles. The molecule has 0 radical (unpaired) electrons. The van der Waals surface area contributed by atoms with Crippen molar-refractivity contribution >= 4 is 5.69 Å². The molecule has 1 unspecified atom stereocenters. The molecule has 1 fully saturated rings. The van der Waals surface area contributed by atoms with Crippen molar-refractivity contribution < 1.29 is 4.74 Å². The Kier molecular flexibility index (Phi) is 2.93. The Morgan fingerprint density at radius 1 is 1.33 bits per heavy atom. The highest BCUT2D eigenvalue weighted by Gasteiger charge is 2.19. The molecule has 2 heterocycles. The summed E-state index contributed by atoms with van der Waals surface area (Å²) in [6.07, 6.45) is 1.07. The Morgan fingerprint density at radius 3 is 2.89 bits per heavy atom. The number of ether oxygens (including phenoxy) is 1. The summed E-state index contributed by atoms with van der Waals surface area (Å²) >= 11 is 0. The Balaban J connectivity index is 1.84. The van der Waals surface area contributed by atoms with Gasteiger partial charge >= 0.3 is 0 Å². The molecule has 6 heteroatoms. The van der Waals surface area contributed by atoms with Crippen molar-refractivity contribution in [1.82, 2.24) is 20.2 Å². The summed E-state index contributed by atoms with van der Waals surface area (Å²) in [5.41, 5.74) is 7.39. The number of tetrazole rings is 1. The first-order valence-corrected chi connectivity index (χ1v) is 6.03. The lowest BCUT2D eigenvalue weighted by Gasteiger charge is -2.09.